The van der Waals surface area contributed by atoms with E-state index in [2.05, 4.69) is 9.88 Å². The summed E-state index contributed by atoms with van der Waals surface area (Å²) >= 11 is 1.14. The third kappa shape index (κ3) is 4.31. The Kier molecular flexibility index (Phi) is 6.25. The Labute approximate surface area is 126 Å². The standard InChI is InChI=1S/C12H18F3N3S.ClH/c1-8-17-11(12(13,14)15)10(19-8)7-18-4-2-9(6-16)3-5-18;/h9H,2-7,16H2,1H3;1H. The van der Waals surface area contributed by atoms with Crippen LogP contribution in [0.3, 0.4) is 0 Å². The first-order valence-electron chi connectivity index (χ1n) is 6.36. The van der Waals surface area contributed by atoms with Gasteiger partial charge in [0.05, 0.1) is 9.88 Å². The normalized spacial score (nSPS) is 18.1. The molecule has 2 N–H and O–H groups in total. The lowest BCUT2D eigenvalue weighted by atomic mass is 9.97. The summed E-state index contributed by atoms with van der Waals surface area (Å²) < 4.78 is 38.5. The topological polar surface area (TPSA) is 42.2 Å². The first kappa shape index (κ1) is 17.7. The number of thiazole rings is 1. The molecule has 1 aliphatic rings. The van der Waals surface area contributed by atoms with Gasteiger partial charge in [0, 0.05) is 6.54 Å². The third-order valence-corrected chi connectivity index (χ3v) is 4.44. The van der Waals surface area contributed by atoms with Crippen LogP contribution in [-0.2, 0) is 12.7 Å². The average molecular weight is 330 g/mol. The minimum Gasteiger partial charge on any atom is -0.330 e. The van der Waals surface area contributed by atoms with Crippen molar-refractivity contribution in [2.75, 3.05) is 19.6 Å². The summed E-state index contributed by atoms with van der Waals surface area (Å²) in [7, 11) is 0. The predicted molar refractivity (Wildman–Crippen MR) is 76.2 cm³/mol. The molecule has 1 aromatic rings. The van der Waals surface area contributed by atoms with Gasteiger partial charge in [0.25, 0.3) is 0 Å². The van der Waals surface area contributed by atoms with Crippen LogP contribution in [0.5, 0.6) is 0 Å². The SMILES string of the molecule is Cc1nc(C(F)(F)F)c(CN2CCC(CN)CC2)s1.Cl. The summed E-state index contributed by atoms with van der Waals surface area (Å²) in [5.41, 5.74) is 4.90. The Hall–Kier alpha value is -0.370. The fourth-order valence-electron chi connectivity index (χ4n) is 2.38. The zero-order chi connectivity index (χ0) is 14.0. The zero-order valence-electron chi connectivity index (χ0n) is 11.2. The number of hydrogen-bond acceptors (Lipinski definition) is 4. The fraction of sp³-hybridized carbons (Fsp3) is 0.750. The maximum absolute atomic E-state index is 12.8. The molecule has 1 saturated heterocycles. The highest BCUT2D eigenvalue weighted by Gasteiger charge is 2.37. The van der Waals surface area contributed by atoms with E-state index in [4.69, 9.17) is 5.73 Å². The summed E-state index contributed by atoms with van der Waals surface area (Å²) in [6, 6.07) is 0. The van der Waals surface area contributed by atoms with Crippen molar-refractivity contribution in [3.63, 3.8) is 0 Å². The molecular weight excluding hydrogens is 311 g/mol. The van der Waals surface area contributed by atoms with Crippen molar-refractivity contribution in [1.82, 2.24) is 9.88 Å². The van der Waals surface area contributed by atoms with Gasteiger partial charge in [0.15, 0.2) is 5.69 Å². The molecular formula is C12H19ClF3N3S. The van der Waals surface area contributed by atoms with E-state index in [0.29, 0.717) is 28.9 Å². The van der Waals surface area contributed by atoms with Crippen LogP contribution < -0.4 is 5.73 Å². The molecule has 0 bridgehead atoms. The molecule has 116 valence electrons. The Bertz CT molecular complexity index is 428. The molecule has 0 amide bonds. The van der Waals surface area contributed by atoms with E-state index in [1.54, 1.807) is 6.92 Å². The molecule has 20 heavy (non-hydrogen) atoms. The second-order valence-electron chi connectivity index (χ2n) is 4.96. The van der Waals surface area contributed by atoms with Gasteiger partial charge >= 0.3 is 6.18 Å². The second-order valence-corrected chi connectivity index (χ2v) is 6.25. The van der Waals surface area contributed by atoms with E-state index in [1.165, 1.54) is 0 Å². The van der Waals surface area contributed by atoms with Gasteiger partial charge < -0.3 is 5.73 Å². The number of hydrogen-bond donors (Lipinski definition) is 1. The summed E-state index contributed by atoms with van der Waals surface area (Å²) in [5, 5.41) is 0.471. The summed E-state index contributed by atoms with van der Waals surface area (Å²) in [5.74, 6) is 0.515. The minimum absolute atomic E-state index is 0. The van der Waals surface area contributed by atoms with E-state index >= 15 is 0 Å². The molecule has 8 heteroatoms. The molecule has 1 aromatic heterocycles. The molecule has 0 radical (unpaired) electrons. The quantitative estimate of drug-likeness (QED) is 0.926. The van der Waals surface area contributed by atoms with Crippen LogP contribution in [0, 0.1) is 12.8 Å². The van der Waals surface area contributed by atoms with Crippen molar-refractivity contribution in [2.24, 2.45) is 11.7 Å². The predicted octanol–water partition coefficient (Wildman–Crippen LogP) is 3.06. The molecule has 2 heterocycles. The molecule has 0 atom stereocenters. The van der Waals surface area contributed by atoms with E-state index in [0.717, 1.165) is 37.3 Å². The van der Waals surface area contributed by atoms with Crippen LogP contribution >= 0.6 is 23.7 Å². The number of aryl methyl sites for hydroxylation is 1. The van der Waals surface area contributed by atoms with Gasteiger partial charge in [-0.05, 0) is 45.3 Å². The fourth-order valence-corrected chi connectivity index (χ4v) is 3.38. The van der Waals surface area contributed by atoms with Crippen LogP contribution in [0.4, 0.5) is 13.2 Å². The van der Waals surface area contributed by atoms with Crippen molar-refractivity contribution < 1.29 is 13.2 Å². The molecule has 0 unspecified atom stereocenters. The summed E-state index contributed by atoms with van der Waals surface area (Å²) in [6.07, 6.45) is -2.42. The largest absolute Gasteiger partial charge is 0.434 e. The monoisotopic (exact) mass is 329 g/mol. The van der Waals surface area contributed by atoms with E-state index in [1.807, 2.05) is 0 Å². The van der Waals surface area contributed by atoms with E-state index in [-0.39, 0.29) is 12.4 Å². The number of aromatic nitrogens is 1. The maximum atomic E-state index is 12.8. The number of piperidine rings is 1. The molecule has 0 spiro atoms. The Morgan fingerprint density at radius 3 is 2.45 bits per heavy atom. The molecule has 1 fully saturated rings. The lowest BCUT2D eigenvalue weighted by molar-refractivity contribution is -0.141. The second kappa shape index (κ2) is 7.06. The van der Waals surface area contributed by atoms with Crippen LogP contribution in [0.15, 0.2) is 0 Å². The number of rotatable bonds is 3. The first-order chi connectivity index (χ1) is 8.90. The number of nitrogens with two attached hydrogens (primary N) is 1. The number of likely N-dealkylation sites (tertiary alicyclic amines) is 1. The molecule has 0 aromatic carbocycles. The molecule has 2 rings (SSSR count). The number of halogens is 4. The highest BCUT2D eigenvalue weighted by Crippen LogP contribution is 2.35. The first-order valence-corrected chi connectivity index (χ1v) is 7.17. The summed E-state index contributed by atoms with van der Waals surface area (Å²) in [6.45, 7) is 4.26. The van der Waals surface area contributed by atoms with Gasteiger partial charge in [-0.1, -0.05) is 0 Å². The third-order valence-electron chi connectivity index (χ3n) is 3.48. The van der Waals surface area contributed by atoms with Gasteiger partial charge in [0.2, 0.25) is 0 Å². The highest BCUT2D eigenvalue weighted by atomic mass is 35.5. The maximum Gasteiger partial charge on any atom is 0.434 e. The Morgan fingerprint density at radius 1 is 1.35 bits per heavy atom. The van der Waals surface area contributed by atoms with E-state index < -0.39 is 11.9 Å². The zero-order valence-corrected chi connectivity index (χ0v) is 12.9. The van der Waals surface area contributed by atoms with Crippen LogP contribution in [0.1, 0.15) is 28.4 Å². The van der Waals surface area contributed by atoms with E-state index in [9.17, 15) is 13.2 Å². The van der Waals surface area contributed by atoms with Gasteiger partial charge in [-0.3, -0.25) is 4.90 Å². The lowest BCUT2D eigenvalue weighted by Gasteiger charge is -2.31. The van der Waals surface area contributed by atoms with Crippen LogP contribution in [0.2, 0.25) is 0 Å². The van der Waals surface area contributed by atoms with Crippen molar-refractivity contribution in [3.05, 3.63) is 15.6 Å². The van der Waals surface area contributed by atoms with Crippen molar-refractivity contribution in [2.45, 2.75) is 32.5 Å². The van der Waals surface area contributed by atoms with Crippen molar-refractivity contribution in [3.8, 4) is 0 Å². The highest BCUT2D eigenvalue weighted by molar-refractivity contribution is 7.11. The number of alkyl halides is 3. The Balaban J connectivity index is 0.00000200. The van der Waals surface area contributed by atoms with Gasteiger partial charge in [-0.15, -0.1) is 23.7 Å². The smallest absolute Gasteiger partial charge is 0.330 e. The molecule has 1 aliphatic heterocycles. The molecule has 0 saturated carbocycles. The van der Waals surface area contributed by atoms with Crippen LogP contribution in [0.25, 0.3) is 0 Å². The van der Waals surface area contributed by atoms with Crippen LogP contribution in [-0.4, -0.2) is 29.5 Å². The van der Waals surface area contributed by atoms with Gasteiger partial charge in [-0.25, -0.2) is 4.98 Å². The Morgan fingerprint density at radius 2 is 1.95 bits per heavy atom. The van der Waals surface area contributed by atoms with Gasteiger partial charge in [0.1, 0.15) is 0 Å². The van der Waals surface area contributed by atoms with Gasteiger partial charge in [-0.2, -0.15) is 13.2 Å². The van der Waals surface area contributed by atoms with Crippen molar-refractivity contribution >= 4 is 23.7 Å². The minimum atomic E-state index is -4.35. The summed E-state index contributed by atoms with van der Waals surface area (Å²) in [4.78, 5) is 6.02. The number of nitrogens with zero attached hydrogens (tertiary/aromatic N) is 2. The molecule has 0 aliphatic carbocycles. The van der Waals surface area contributed by atoms with Crippen molar-refractivity contribution in [1.29, 1.82) is 0 Å². The molecule has 3 nitrogen and oxygen atoms in total. The lowest BCUT2D eigenvalue weighted by Crippen LogP contribution is -2.35. The average Bonchev–Trinajstić information content (AvgIpc) is 2.71.